The molecule has 7 nitrogen and oxygen atoms in total. The molecule has 0 bridgehead atoms. The van der Waals surface area contributed by atoms with E-state index in [1.165, 1.54) is 4.52 Å². The smallest absolute Gasteiger partial charge is 0.263 e. The van der Waals surface area contributed by atoms with Crippen LogP contribution in [0.15, 0.2) is 65.8 Å². The van der Waals surface area contributed by atoms with E-state index < -0.39 is 10.0 Å². The Morgan fingerprint density at radius 3 is 2.35 bits per heavy atom. The van der Waals surface area contributed by atoms with E-state index in [0.29, 0.717) is 16.8 Å². The summed E-state index contributed by atoms with van der Waals surface area (Å²) in [6.45, 7) is 6.22. The molecule has 0 saturated carbocycles. The standard InChI is InChI=1S/C23H23N5O2S/c1-23(2,3)18-6-8-19(9-7-18)31(29,30)26-22-10-5-16(14-24)21-13-20(25-28(21)22)17-11-12-27(4)15-17/h5-13,15,26H,1-4H3. The van der Waals surface area contributed by atoms with Gasteiger partial charge in [0.15, 0.2) is 0 Å². The molecule has 158 valence electrons. The molecule has 0 aliphatic rings. The maximum absolute atomic E-state index is 13.0. The lowest BCUT2D eigenvalue weighted by Gasteiger charge is -2.19. The summed E-state index contributed by atoms with van der Waals surface area (Å²) in [5.74, 6) is 0.260. The minimum atomic E-state index is -3.84. The second-order valence-corrected chi connectivity index (χ2v) is 10.2. The van der Waals surface area contributed by atoms with Gasteiger partial charge < -0.3 is 4.57 Å². The lowest BCUT2D eigenvalue weighted by atomic mass is 9.87. The maximum Gasteiger partial charge on any atom is 0.263 e. The number of sulfonamides is 1. The lowest BCUT2D eigenvalue weighted by molar-refractivity contribution is 0.587. The first kappa shape index (κ1) is 20.7. The Hall–Kier alpha value is -3.57. The Labute approximate surface area is 181 Å². The Morgan fingerprint density at radius 1 is 1.06 bits per heavy atom. The van der Waals surface area contributed by atoms with Gasteiger partial charge in [-0.2, -0.15) is 10.4 Å². The van der Waals surface area contributed by atoms with Crippen LogP contribution in [0.25, 0.3) is 16.8 Å². The molecular weight excluding hydrogens is 410 g/mol. The average molecular weight is 434 g/mol. The second-order valence-electron chi connectivity index (χ2n) is 8.52. The monoisotopic (exact) mass is 433 g/mol. The predicted molar refractivity (Wildman–Crippen MR) is 120 cm³/mol. The number of benzene rings is 1. The van der Waals surface area contributed by atoms with Crippen molar-refractivity contribution in [1.82, 2.24) is 14.2 Å². The van der Waals surface area contributed by atoms with Crippen LogP contribution < -0.4 is 4.72 Å². The fraction of sp³-hybridized carbons (Fsp3) is 0.217. The number of hydrogen-bond acceptors (Lipinski definition) is 4. The number of nitriles is 1. The summed E-state index contributed by atoms with van der Waals surface area (Å²) in [7, 11) is -1.93. The highest BCUT2D eigenvalue weighted by Crippen LogP contribution is 2.27. The Kier molecular flexibility index (Phi) is 4.86. The highest BCUT2D eigenvalue weighted by molar-refractivity contribution is 7.92. The summed E-state index contributed by atoms with van der Waals surface area (Å²) >= 11 is 0. The van der Waals surface area contributed by atoms with Crippen molar-refractivity contribution in [3.05, 3.63) is 72.1 Å². The summed E-state index contributed by atoms with van der Waals surface area (Å²) < 4.78 is 32.0. The van der Waals surface area contributed by atoms with Gasteiger partial charge in [-0.05, 0) is 47.4 Å². The predicted octanol–water partition coefficient (Wildman–Crippen LogP) is 4.31. The summed E-state index contributed by atoms with van der Waals surface area (Å²) in [4.78, 5) is 0.161. The number of rotatable bonds is 4. The van der Waals surface area contributed by atoms with E-state index in [0.717, 1.165) is 11.1 Å². The summed E-state index contributed by atoms with van der Waals surface area (Å²) in [5, 5.41) is 14.0. The van der Waals surface area contributed by atoms with Crippen LogP contribution in [0.4, 0.5) is 5.82 Å². The second kappa shape index (κ2) is 7.29. The molecule has 0 radical (unpaired) electrons. The molecule has 3 aromatic heterocycles. The van der Waals surface area contributed by atoms with Gasteiger partial charge in [0.05, 0.1) is 21.7 Å². The molecule has 0 saturated heterocycles. The topological polar surface area (TPSA) is 92.2 Å². The fourth-order valence-electron chi connectivity index (χ4n) is 3.37. The average Bonchev–Trinajstić information content (AvgIpc) is 3.34. The SMILES string of the molecule is Cn1ccc(-c2cc3c(C#N)ccc(NS(=O)(=O)c4ccc(C(C)(C)C)cc4)n3n2)c1. The number of anilines is 1. The highest BCUT2D eigenvalue weighted by Gasteiger charge is 2.20. The number of aromatic nitrogens is 3. The molecule has 0 aliphatic carbocycles. The van der Waals surface area contributed by atoms with Crippen molar-refractivity contribution in [3.63, 3.8) is 0 Å². The van der Waals surface area contributed by atoms with E-state index in [1.807, 2.05) is 42.2 Å². The first-order valence-corrected chi connectivity index (χ1v) is 11.3. The van der Waals surface area contributed by atoms with Crippen molar-refractivity contribution >= 4 is 21.4 Å². The quantitative estimate of drug-likeness (QED) is 0.519. The first-order chi connectivity index (χ1) is 14.6. The van der Waals surface area contributed by atoms with Crippen LogP contribution >= 0.6 is 0 Å². The Bertz CT molecular complexity index is 1420. The zero-order valence-electron chi connectivity index (χ0n) is 17.8. The molecule has 31 heavy (non-hydrogen) atoms. The number of aryl methyl sites for hydroxylation is 1. The van der Waals surface area contributed by atoms with Crippen molar-refractivity contribution < 1.29 is 8.42 Å². The molecule has 0 unspecified atom stereocenters. The van der Waals surface area contributed by atoms with Crippen molar-refractivity contribution in [2.24, 2.45) is 7.05 Å². The zero-order valence-corrected chi connectivity index (χ0v) is 18.6. The third kappa shape index (κ3) is 3.92. The molecule has 8 heteroatoms. The van der Waals surface area contributed by atoms with Gasteiger partial charge in [0, 0.05) is 25.0 Å². The van der Waals surface area contributed by atoms with Gasteiger partial charge in [0.2, 0.25) is 0 Å². The third-order valence-electron chi connectivity index (χ3n) is 5.14. The van der Waals surface area contributed by atoms with Crippen LogP contribution in [0.2, 0.25) is 0 Å². The number of fused-ring (bicyclic) bond motifs is 1. The number of hydrogen-bond donors (Lipinski definition) is 1. The van der Waals surface area contributed by atoms with Crippen LogP contribution in [0, 0.1) is 11.3 Å². The minimum absolute atomic E-state index is 0.0715. The normalized spacial score (nSPS) is 12.1. The maximum atomic E-state index is 13.0. The number of pyridine rings is 1. The molecule has 3 heterocycles. The largest absolute Gasteiger partial charge is 0.357 e. The van der Waals surface area contributed by atoms with Gasteiger partial charge in [-0.15, -0.1) is 0 Å². The Balaban J connectivity index is 1.75. The number of nitrogens with one attached hydrogen (secondary N) is 1. The van der Waals surface area contributed by atoms with Crippen molar-refractivity contribution in [1.29, 1.82) is 5.26 Å². The molecule has 0 aliphatic heterocycles. The van der Waals surface area contributed by atoms with Crippen molar-refractivity contribution in [2.45, 2.75) is 31.1 Å². The molecule has 0 spiro atoms. The van der Waals surface area contributed by atoms with E-state index in [4.69, 9.17) is 0 Å². The van der Waals surface area contributed by atoms with E-state index >= 15 is 0 Å². The first-order valence-electron chi connectivity index (χ1n) is 9.77. The summed E-state index contributed by atoms with van der Waals surface area (Å²) in [5.41, 5.74) is 3.45. The Morgan fingerprint density at radius 2 is 1.77 bits per heavy atom. The molecule has 1 aromatic carbocycles. The fourth-order valence-corrected chi connectivity index (χ4v) is 4.42. The molecule has 0 amide bonds. The van der Waals surface area contributed by atoms with E-state index in [2.05, 4.69) is 36.7 Å². The molecule has 1 N–H and O–H groups in total. The van der Waals surface area contributed by atoms with Crippen LogP contribution in [0.1, 0.15) is 31.9 Å². The van der Waals surface area contributed by atoms with E-state index in [1.54, 1.807) is 30.3 Å². The van der Waals surface area contributed by atoms with Crippen LogP contribution in [0.3, 0.4) is 0 Å². The molecule has 0 fully saturated rings. The van der Waals surface area contributed by atoms with Gasteiger partial charge in [-0.1, -0.05) is 32.9 Å². The molecular formula is C23H23N5O2S. The summed E-state index contributed by atoms with van der Waals surface area (Å²) in [6, 6.07) is 15.8. The van der Waals surface area contributed by atoms with E-state index in [9.17, 15) is 13.7 Å². The minimum Gasteiger partial charge on any atom is -0.357 e. The van der Waals surface area contributed by atoms with Crippen LogP contribution in [-0.2, 0) is 22.5 Å². The molecule has 0 atom stereocenters. The van der Waals surface area contributed by atoms with Crippen LogP contribution in [0.5, 0.6) is 0 Å². The van der Waals surface area contributed by atoms with Gasteiger partial charge in [0.25, 0.3) is 10.0 Å². The van der Waals surface area contributed by atoms with Gasteiger partial charge >= 0.3 is 0 Å². The lowest BCUT2D eigenvalue weighted by Crippen LogP contribution is -2.17. The van der Waals surface area contributed by atoms with Gasteiger partial charge in [0.1, 0.15) is 11.9 Å². The van der Waals surface area contributed by atoms with Crippen molar-refractivity contribution in [2.75, 3.05) is 4.72 Å². The van der Waals surface area contributed by atoms with Crippen LogP contribution in [-0.4, -0.2) is 22.6 Å². The van der Waals surface area contributed by atoms with Gasteiger partial charge in [-0.25, -0.2) is 12.9 Å². The number of nitrogens with zero attached hydrogens (tertiary/aromatic N) is 4. The highest BCUT2D eigenvalue weighted by atomic mass is 32.2. The molecule has 4 aromatic rings. The summed E-state index contributed by atoms with van der Waals surface area (Å²) in [6.07, 6.45) is 3.81. The molecule has 4 rings (SSSR count). The van der Waals surface area contributed by atoms with Crippen molar-refractivity contribution in [3.8, 4) is 17.3 Å². The third-order valence-corrected chi connectivity index (χ3v) is 6.51. The van der Waals surface area contributed by atoms with E-state index in [-0.39, 0.29) is 16.1 Å². The zero-order chi connectivity index (χ0) is 22.4. The van der Waals surface area contributed by atoms with Gasteiger partial charge in [-0.3, -0.25) is 4.72 Å².